The summed E-state index contributed by atoms with van der Waals surface area (Å²) in [7, 11) is -3.88. The first-order valence-corrected chi connectivity index (χ1v) is 12.8. The van der Waals surface area contributed by atoms with Gasteiger partial charge >= 0.3 is 0 Å². The molecule has 2 aliphatic heterocycles. The lowest BCUT2D eigenvalue weighted by Gasteiger charge is -2.39. The van der Waals surface area contributed by atoms with E-state index in [1.807, 2.05) is 18.2 Å². The SMILES string of the molecule is O=C1C(=O)N(Cc2ccc(OCF)cc2)c2ccc(S(=O)(=O)N3CC[C@H]3COc3ccccc3)cc21. The maximum Gasteiger partial charge on any atom is 0.299 e. The Hall–Kier alpha value is -3.76. The average molecular weight is 511 g/mol. The van der Waals surface area contributed by atoms with Gasteiger partial charge in [0.2, 0.25) is 16.9 Å². The summed E-state index contributed by atoms with van der Waals surface area (Å²) in [6.45, 7) is -0.280. The highest BCUT2D eigenvalue weighted by molar-refractivity contribution is 7.89. The summed E-state index contributed by atoms with van der Waals surface area (Å²) in [5.74, 6) is -0.486. The maximum atomic E-state index is 13.3. The summed E-state index contributed by atoms with van der Waals surface area (Å²) in [6, 6.07) is 19.5. The highest BCUT2D eigenvalue weighted by Gasteiger charge is 2.41. The van der Waals surface area contributed by atoms with E-state index in [9.17, 15) is 22.4 Å². The number of ketones is 1. The number of Topliss-reactive ketones (excluding diaryl/α,β-unsaturated/α-hetero) is 1. The molecule has 0 saturated carbocycles. The van der Waals surface area contributed by atoms with Gasteiger partial charge in [0.05, 0.1) is 28.7 Å². The molecule has 0 aliphatic carbocycles. The lowest BCUT2D eigenvalue weighted by molar-refractivity contribution is -0.114. The van der Waals surface area contributed by atoms with Crippen molar-refractivity contribution >= 4 is 27.4 Å². The Kier molecular flexibility index (Phi) is 6.46. The Balaban J connectivity index is 1.33. The van der Waals surface area contributed by atoms with E-state index in [0.717, 1.165) is 0 Å². The molecule has 1 amide bonds. The molecular formula is C26H23FN2O6S. The molecule has 2 aliphatic rings. The molecule has 3 aromatic rings. The minimum Gasteiger partial charge on any atom is -0.492 e. The Morgan fingerprint density at radius 2 is 1.64 bits per heavy atom. The number of benzene rings is 3. The van der Waals surface area contributed by atoms with Crippen molar-refractivity contribution in [2.24, 2.45) is 0 Å². The molecule has 0 N–H and O–H groups in total. The van der Waals surface area contributed by atoms with Crippen LogP contribution in [0.1, 0.15) is 22.3 Å². The van der Waals surface area contributed by atoms with Crippen molar-refractivity contribution in [3.05, 3.63) is 83.9 Å². The first kappa shape index (κ1) is 24.0. The van der Waals surface area contributed by atoms with Gasteiger partial charge < -0.3 is 14.4 Å². The molecule has 8 nitrogen and oxygen atoms in total. The fourth-order valence-corrected chi connectivity index (χ4v) is 5.96. The summed E-state index contributed by atoms with van der Waals surface area (Å²) >= 11 is 0. The van der Waals surface area contributed by atoms with E-state index in [1.54, 1.807) is 36.4 Å². The van der Waals surface area contributed by atoms with Crippen LogP contribution < -0.4 is 14.4 Å². The molecule has 1 fully saturated rings. The predicted octanol–water partition coefficient (Wildman–Crippen LogP) is 3.56. The minimum absolute atomic E-state index is 0.0404. The van der Waals surface area contributed by atoms with Crippen molar-refractivity contribution in [2.45, 2.75) is 23.9 Å². The van der Waals surface area contributed by atoms with E-state index < -0.39 is 28.6 Å². The molecule has 0 spiro atoms. The van der Waals surface area contributed by atoms with Crippen molar-refractivity contribution in [3.63, 3.8) is 0 Å². The Labute approximate surface area is 207 Å². The zero-order valence-corrected chi connectivity index (χ0v) is 20.0. The quantitative estimate of drug-likeness (QED) is 0.409. The number of alkyl halides is 1. The number of amides is 1. The van der Waals surface area contributed by atoms with Crippen LogP contribution in [0.25, 0.3) is 0 Å². The topological polar surface area (TPSA) is 93.2 Å². The van der Waals surface area contributed by atoms with E-state index in [1.165, 1.54) is 27.4 Å². The zero-order valence-electron chi connectivity index (χ0n) is 19.2. The van der Waals surface area contributed by atoms with Gasteiger partial charge in [-0.25, -0.2) is 12.8 Å². The highest BCUT2D eigenvalue weighted by Crippen LogP contribution is 2.35. The number of fused-ring (bicyclic) bond motifs is 1. The molecule has 1 saturated heterocycles. The van der Waals surface area contributed by atoms with Crippen LogP contribution in [0.15, 0.2) is 77.7 Å². The van der Waals surface area contributed by atoms with Crippen LogP contribution >= 0.6 is 0 Å². The number of carbonyl (C=O) groups excluding carboxylic acids is 2. The molecule has 1 atom stereocenters. The fourth-order valence-electron chi connectivity index (χ4n) is 4.28. The summed E-state index contributed by atoms with van der Waals surface area (Å²) in [4.78, 5) is 26.7. The van der Waals surface area contributed by atoms with Crippen molar-refractivity contribution in [1.29, 1.82) is 0 Å². The smallest absolute Gasteiger partial charge is 0.299 e. The lowest BCUT2D eigenvalue weighted by Crippen LogP contribution is -2.53. The van der Waals surface area contributed by atoms with Crippen LogP contribution in [0, 0.1) is 0 Å². The van der Waals surface area contributed by atoms with Crippen LogP contribution in [0.4, 0.5) is 10.1 Å². The molecule has 0 radical (unpaired) electrons. The molecule has 0 aromatic heterocycles. The molecular weight excluding hydrogens is 487 g/mol. The number of ether oxygens (including phenoxy) is 2. The monoisotopic (exact) mass is 510 g/mol. The van der Waals surface area contributed by atoms with Crippen molar-refractivity contribution < 1.29 is 31.9 Å². The second-order valence-electron chi connectivity index (χ2n) is 8.48. The third-order valence-electron chi connectivity index (χ3n) is 6.31. The first-order valence-electron chi connectivity index (χ1n) is 11.4. The summed E-state index contributed by atoms with van der Waals surface area (Å²) in [6.07, 6.45) is 0.664. The first-order chi connectivity index (χ1) is 17.4. The van der Waals surface area contributed by atoms with Gasteiger partial charge in [0.15, 0.2) is 0 Å². The normalized spacial score (nSPS) is 17.6. The molecule has 36 heavy (non-hydrogen) atoms. The van der Waals surface area contributed by atoms with Gasteiger partial charge in [0.25, 0.3) is 11.7 Å². The van der Waals surface area contributed by atoms with Crippen LogP contribution in [0.2, 0.25) is 0 Å². The predicted molar refractivity (Wildman–Crippen MR) is 129 cm³/mol. The van der Waals surface area contributed by atoms with E-state index >= 15 is 0 Å². The molecule has 0 bridgehead atoms. The second kappa shape index (κ2) is 9.71. The van der Waals surface area contributed by atoms with Gasteiger partial charge in [0.1, 0.15) is 18.1 Å². The van der Waals surface area contributed by atoms with E-state index in [0.29, 0.717) is 35.7 Å². The summed E-state index contributed by atoms with van der Waals surface area (Å²) < 4.78 is 50.8. The van der Waals surface area contributed by atoms with Crippen molar-refractivity contribution in [2.75, 3.05) is 24.9 Å². The van der Waals surface area contributed by atoms with Gasteiger partial charge in [-0.05, 0) is 54.4 Å². The third kappa shape index (κ3) is 4.45. The van der Waals surface area contributed by atoms with Crippen LogP contribution in [0.3, 0.4) is 0 Å². The number of para-hydroxylation sites is 1. The minimum atomic E-state index is -3.88. The van der Waals surface area contributed by atoms with Gasteiger partial charge in [-0.1, -0.05) is 30.3 Å². The van der Waals surface area contributed by atoms with Crippen molar-refractivity contribution in [1.82, 2.24) is 4.31 Å². The van der Waals surface area contributed by atoms with Crippen molar-refractivity contribution in [3.8, 4) is 11.5 Å². The molecule has 0 unspecified atom stereocenters. The third-order valence-corrected chi connectivity index (χ3v) is 8.26. The van der Waals surface area contributed by atoms with Gasteiger partial charge in [-0.15, -0.1) is 0 Å². The zero-order chi connectivity index (χ0) is 25.3. The standard InChI is InChI=1S/C26H23FN2O6S/c27-17-35-21-8-6-18(7-9-21)15-28-24-11-10-22(14-23(24)25(30)26(28)31)36(32,33)29-13-12-19(29)16-34-20-4-2-1-3-5-20/h1-11,14,19H,12-13,15-17H2/t19-/m0/s1. The van der Waals surface area contributed by atoms with E-state index in [2.05, 4.69) is 0 Å². The molecule has 186 valence electrons. The van der Waals surface area contributed by atoms with Gasteiger partial charge in [0, 0.05) is 6.54 Å². The van der Waals surface area contributed by atoms with Gasteiger partial charge in [-0.3, -0.25) is 9.59 Å². The Morgan fingerprint density at radius 3 is 2.31 bits per heavy atom. The number of sulfonamides is 1. The number of hydrogen-bond donors (Lipinski definition) is 0. The van der Waals surface area contributed by atoms with Gasteiger partial charge in [-0.2, -0.15) is 4.31 Å². The number of halogens is 1. The molecule has 3 aromatic carbocycles. The maximum absolute atomic E-state index is 13.3. The van der Waals surface area contributed by atoms with E-state index in [4.69, 9.17) is 9.47 Å². The Morgan fingerprint density at radius 1 is 0.917 bits per heavy atom. The summed E-state index contributed by atoms with van der Waals surface area (Å²) in [5, 5.41) is 0. The number of anilines is 1. The second-order valence-corrected chi connectivity index (χ2v) is 10.4. The van der Waals surface area contributed by atoms with Crippen LogP contribution in [0.5, 0.6) is 11.5 Å². The summed E-state index contributed by atoms with van der Waals surface area (Å²) in [5.41, 5.74) is 1.10. The molecule has 2 heterocycles. The molecule has 10 heteroatoms. The highest BCUT2D eigenvalue weighted by atomic mass is 32.2. The number of rotatable bonds is 9. The van der Waals surface area contributed by atoms with E-state index in [-0.39, 0.29) is 29.7 Å². The van der Waals surface area contributed by atoms with Crippen LogP contribution in [-0.4, -0.2) is 50.5 Å². The lowest BCUT2D eigenvalue weighted by atomic mass is 10.1. The molecule has 5 rings (SSSR count). The fraction of sp³-hybridized carbons (Fsp3) is 0.231. The largest absolute Gasteiger partial charge is 0.492 e. The number of nitrogens with zero attached hydrogens (tertiary/aromatic N) is 2. The van der Waals surface area contributed by atoms with Crippen LogP contribution in [-0.2, 0) is 21.4 Å². The average Bonchev–Trinajstić information content (AvgIpc) is 3.09. The number of carbonyl (C=O) groups is 2. The number of hydrogen-bond acceptors (Lipinski definition) is 6. The Bertz CT molecular complexity index is 1400.